The smallest absolute Gasteiger partial charge is 0.0350 e. The average Bonchev–Trinajstić information content (AvgIpc) is 3.38. The summed E-state index contributed by atoms with van der Waals surface area (Å²) in [5, 5.41) is 0. The highest BCUT2D eigenvalue weighted by atomic mass is 15.3. The lowest BCUT2D eigenvalue weighted by molar-refractivity contribution is -0.00267. The average molecular weight is 391 g/mol. The first-order valence-electron chi connectivity index (χ1n) is 12.4. The van der Waals surface area contributed by atoms with Crippen LogP contribution in [0.4, 0.5) is 0 Å². The molecule has 0 atom stereocenters. The van der Waals surface area contributed by atoms with Gasteiger partial charge >= 0.3 is 0 Å². The summed E-state index contributed by atoms with van der Waals surface area (Å²) in [5.74, 6) is 1.81. The van der Waals surface area contributed by atoms with Gasteiger partial charge in [0.05, 0.1) is 0 Å². The van der Waals surface area contributed by atoms with Crippen LogP contribution in [0.25, 0.3) is 0 Å². The first kappa shape index (κ1) is 21.1. The van der Waals surface area contributed by atoms with E-state index < -0.39 is 0 Å². The van der Waals surface area contributed by atoms with Gasteiger partial charge in [-0.05, 0) is 76.3 Å². The zero-order valence-electron chi connectivity index (χ0n) is 19.2. The Labute approximate surface area is 174 Å². The molecule has 0 aromatic rings. The molecule has 1 saturated carbocycles. The van der Waals surface area contributed by atoms with Crippen LogP contribution in [0.5, 0.6) is 0 Å². The molecule has 3 saturated heterocycles. The summed E-state index contributed by atoms with van der Waals surface area (Å²) < 4.78 is 0. The molecule has 0 amide bonds. The normalized spacial score (nSPS) is 28.9. The maximum Gasteiger partial charge on any atom is 0.0350 e. The number of rotatable bonds is 8. The summed E-state index contributed by atoms with van der Waals surface area (Å²) >= 11 is 0. The van der Waals surface area contributed by atoms with Gasteiger partial charge in [-0.1, -0.05) is 13.8 Å². The summed E-state index contributed by atoms with van der Waals surface area (Å²) in [6, 6.07) is 1.58. The molecule has 4 nitrogen and oxygen atoms in total. The Morgan fingerprint density at radius 2 is 1.46 bits per heavy atom. The van der Waals surface area contributed by atoms with Crippen LogP contribution in [0.2, 0.25) is 0 Å². The van der Waals surface area contributed by atoms with Crippen LogP contribution in [0.3, 0.4) is 0 Å². The van der Waals surface area contributed by atoms with Crippen molar-refractivity contribution in [1.82, 2.24) is 19.6 Å². The standard InChI is InChI=1S/C24H46N4/c1-20(2)15-24(7-8-24)19-26-17-23(18-26)28-9-5-22(6-10-28)16-25-11-13-27(14-12-25)21(3)4/h20-23H,5-19H2,1-4H3. The van der Waals surface area contributed by atoms with Crippen LogP contribution in [-0.4, -0.2) is 97.1 Å². The van der Waals surface area contributed by atoms with Crippen LogP contribution in [0.1, 0.15) is 59.8 Å². The maximum atomic E-state index is 2.83. The van der Waals surface area contributed by atoms with Crippen molar-refractivity contribution in [3.8, 4) is 0 Å². The molecule has 3 aliphatic heterocycles. The lowest BCUT2D eigenvalue weighted by Crippen LogP contribution is -2.61. The van der Waals surface area contributed by atoms with Gasteiger partial charge < -0.3 is 4.90 Å². The monoisotopic (exact) mass is 390 g/mol. The van der Waals surface area contributed by atoms with E-state index in [1.54, 1.807) is 0 Å². The van der Waals surface area contributed by atoms with Crippen LogP contribution >= 0.6 is 0 Å². The summed E-state index contributed by atoms with van der Waals surface area (Å²) in [6.45, 7) is 22.7. The number of hydrogen-bond donors (Lipinski definition) is 0. The van der Waals surface area contributed by atoms with Crippen molar-refractivity contribution in [2.75, 3.05) is 65.4 Å². The van der Waals surface area contributed by atoms with E-state index in [4.69, 9.17) is 0 Å². The fourth-order valence-electron chi connectivity index (χ4n) is 6.17. The molecule has 0 unspecified atom stereocenters. The molecule has 0 aromatic heterocycles. The van der Waals surface area contributed by atoms with Crippen LogP contribution in [0.15, 0.2) is 0 Å². The van der Waals surface area contributed by atoms with Gasteiger partial charge in [0.2, 0.25) is 0 Å². The second-order valence-electron chi connectivity index (χ2n) is 11.4. The topological polar surface area (TPSA) is 13.0 Å². The first-order valence-corrected chi connectivity index (χ1v) is 12.4. The molecule has 0 bridgehead atoms. The molecule has 0 N–H and O–H groups in total. The van der Waals surface area contributed by atoms with Crippen molar-refractivity contribution in [2.24, 2.45) is 17.3 Å². The summed E-state index contributed by atoms with van der Waals surface area (Å²) in [7, 11) is 0. The highest BCUT2D eigenvalue weighted by Gasteiger charge is 2.46. The van der Waals surface area contributed by atoms with Gasteiger partial charge in [0.15, 0.2) is 0 Å². The summed E-state index contributed by atoms with van der Waals surface area (Å²) in [6.07, 6.45) is 7.29. The van der Waals surface area contributed by atoms with E-state index in [1.165, 1.54) is 97.6 Å². The van der Waals surface area contributed by atoms with Crippen molar-refractivity contribution in [3.63, 3.8) is 0 Å². The van der Waals surface area contributed by atoms with Gasteiger partial charge in [-0.3, -0.25) is 14.7 Å². The van der Waals surface area contributed by atoms with E-state index in [1.807, 2.05) is 0 Å². The van der Waals surface area contributed by atoms with Crippen LogP contribution < -0.4 is 0 Å². The van der Waals surface area contributed by atoms with E-state index in [0.29, 0.717) is 11.5 Å². The zero-order valence-corrected chi connectivity index (χ0v) is 19.2. The molecule has 4 aliphatic rings. The van der Waals surface area contributed by atoms with Gasteiger partial charge in [-0.15, -0.1) is 0 Å². The Bertz CT molecular complexity index is 479. The van der Waals surface area contributed by atoms with Crippen LogP contribution in [-0.2, 0) is 0 Å². The number of hydrogen-bond acceptors (Lipinski definition) is 4. The van der Waals surface area contributed by atoms with Gasteiger partial charge in [0.25, 0.3) is 0 Å². The predicted molar refractivity (Wildman–Crippen MR) is 119 cm³/mol. The lowest BCUT2D eigenvalue weighted by atomic mass is 9.90. The number of likely N-dealkylation sites (tertiary alicyclic amines) is 2. The molecule has 162 valence electrons. The van der Waals surface area contributed by atoms with E-state index in [0.717, 1.165) is 17.9 Å². The van der Waals surface area contributed by atoms with Gasteiger partial charge in [0.1, 0.15) is 0 Å². The van der Waals surface area contributed by atoms with Gasteiger partial charge in [-0.2, -0.15) is 0 Å². The Kier molecular flexibility index (Phi) is 6.71. The Balaban J connectivity index is 1.11. The second kappa shape index (κ2) is 8.91. The van der Waals surface area contributed by atoms with Crippen molar-refractivity contribution < 1.29 is 0 Å². The minimum absolute atomic E-state index is 0.714. The van der Waals surface area contributed by atoms with Crippen molar-refractivity contribution in [1.29, 1.82) is 0 Å². The van der Waals surface area contributed by atoms with Crippen LogP contribution in [0, 0.1) is 17.3 Å². The fourth-order valence-corrected chi connectivity index (χ4v) is 6.17. The van der Waals surface area contributed by atoms with Crippen molar-refractivity contribution in [2.45, 2.75) is 71.9 Å². The molecule has 0 spiro atoms. The highest BCUT2D eigenvalue weighted by Crippen LogP contribution is 2.51. The number of piperidine rings is 1. The predicted octanol–water partition coefficient (Wildman–Crippen LogP) is 3.23. The summed E-state index contributed by atoms with van der Waals surface area (Å²) in [5.41, 5.74) is 0.714. The van der Waals surface area contributed by atoms with E-state index >= 15 is 0 Å². The third-order valence-electron chi connectivity index (χ3n) is 8.11. The molecule has 4 fully saturated rings. The van der Waals surface area contributed by atoms with Gasteiger partial charge in [-0.25, -0.2) is 0 Å². The van der Waals surface area contributed by atoms with Gasteiger partial charge in [0, 0.05) is 64.4 Å². The molecular formula is C24H46N4. The second-order valence-corrected chi connectivity index (χ2v) is 11.4. The lowest BCUT2D eigenvalue weighted by Gasteiger charge is -2.49. The zero-order chi connectivity index (χ0) is 19.7. The Hall–Kier alpha value is -0.160. The maximum absolute atomic E-state index is 2.83. The third-order valence-corrected chi connectivity index (χ3v) is 8.11. The molecule has 4 rings (SSSR count). The van der Waals surface area contributed by atoms with E-state index in [9.17, 15) is 0 Å². The van der Waals surface area contributed by atoms with Crippen molar-refractivity contribution >= 4 is 0 Å². The highest BCUT2D eigenvalue weighted by molar-refractivity contribution is 5.00. The van der Waals surface area contributed by atoms with Crippen molar-refractivity contribution in [3.05, 3.63) is 0 Å². The molecular weight excluding hydrogens is 344 g/mol. The largest absolute Gasteiger partial charge is 0.301 e. The molecule has 3 heterocycles. The minimum Gasteiger partial charge on any atom is -0.301 e. The van der Waals surface area contributed by atoms with E-state index in [2.05, 4.69) is 47.3 Å². The Morgan fingerprint density at radius 3 is 2.00 bits per heavy atom. The molecule has 4 heteroatoms. The summed E-state index contributed by atoms with van der Waals surface area (Å²) in [4.78, 5) is 11.0. The molecule has 0 radical (unpaired) electrons. The number of piperazine rings is 1. The third kappa shape index (κ3) is 5.30. The quantitative estimate of drug-likeness (QED) is 0.631. The molecule has 0 aromatic carbocycles. The van der Waals surface area contributed by atoms with E-state index in [-0.39, 0.29) is 0 Å². The number of nitrogens with zero attached hydrogens (tertiary/aromatic N) is 4. The SMILES string of the molecule is CC(C)CC1(CN2CC(N3CCC(CN4CCN(C(C)C)CC4)CC3)C2)CC1. The first-order chi connectivity index (χ1) is 13.4. The Morgan fingerprint density at radius 1 is 0.821 bits per heavy atom. The minimum atomic E-state index is 0.714. The molecule has 28 heavy (non-hydrogen) atoms. The fraction of sp³-hybridized carbons (Fsp3) is 1.00. The molecule has 1 aliphatic carbocycles.